The van der Waals surface area contributed by atoms with Crippen molar-refractivity contribution in [3.63, 3.8) is 0 Å². The third-order valence-corrected chi connectivity index (χ3v) is 6.30. The molecule has 1 aromatic carbocycles. The summed E-state index contributed by atoms with van der Waals surface area (Å²) < 4.78 is 0. The van der Waals surface area contributed by atoms with Gasteiger partial charge in [-0.2, -0.15) is 5.10 Å². The van der Waals surface area contributed by atoms with E-state index in [0.29, 0.717) is 6.04 Å². The molecule has 29 heavy (non-hydrogen) atoms. The quantitative estimate of drug-likeness (QED) is 0.839. The molecule has 1 N–H and O–H groups in total. The monoisotopic (exact) mass is 393 g/mol. The predicted octanol–water partition coefficient (Wildman–Crippen LogP) is 3.71. The average Bonchev–Trinajstić information content (AvgIpc) is 2.77. The van der Waals surface area contributed by atoms with Crippen LogP contribution in [0.1, 0.15) is 44.6 Å². The molecule has 2 saturated heterocycles. The zero-order valence-corrected chi connectivity index (χ0v) is 17.3. The molecular formula is C23H31N5O. The van der Waals surface area contributed by atoms with Crippen LogP contribution in [0.25, 0.3) is 0 Å². The van der Waals surface area contributed by atoms with Gasteiger partial charge in [-0.1, -0.05) is 18.6 Å². The third-order valence-electron chi connectivity index (χ3n) is 6.30. The lowest BCUT2D eigenvalue weighted by Crippen LogP contribution is -2.38. The number of hydrogen-bond acceptors (Lipinski definition) is 5. The van der Waals surface area contributed by atoms with Crippen LogP contribution in [-0.2, 0) is 11.3 Å². The summed E-state index contributed by atoms with van der Waals surface area (Å²) in [4.78, 5) is 17.4. The largest absolute Gasteiger partial charge is 0.355 e. The maximum absolute atomic E-state index is 12.7. The Hall–Kier alpha value is -2.47. The Kier molecular flexibility index (Phi) is 6.39. The predicted molar refractivity (Wildman–Crippen MR) is 116 cm³/mol. The summed E-state index contributed by atoms with van der Waals surface area (Å²) in [5.74, 6) is 1.07. The molecule has 0 aliphatic carbocycles. The SMILES string of the molecule is CC1CCCCN1Cc1ccc(NC(=O)C2CCN(c3cccnn3)CC2)cc1. The first-order valence-electron chi connectivity index (χ1n) is 10.9. The van der Waals surface area contributed by atoms with Crippen LogP contribution in [-0.4, -0.2) is 46.7 Å². The molecule has 6 nitrogen and oxygen atoms in total. The van der Waals surface area contributed by atoms with Crippen LogP contribution < -0.4 is 10.2 Å². The van der Waals surface area contributed by atoms with Gasteiger partial charge in [0.05, 0.1) is 0 Å². The molecule has 1 unspecified atom stereocenters. The van der Waals surface area contributed by atoms with E-state index in [0.717, 1.165) is 44.0 Å². The summed E-state index contributed by atoms with van der Waals surface area (Å²) in [5.41, 5.74) is 2.20. The van der Waals surface area contributed by atoms with E-state index in [9.17, 15) is 4.79 Å². The maximum Gasteiger partial charge on any atom is 0.227 e. The molecule has 6 heteroatoms. The number of carbonyl (C=O) groups excluding carboxylic acids is 1. The minimum Gasteiger partial charge on any atom is -0.355 e. The van der Waals surface area contributed by atoms with Crippen molar-refractivity contribution in [1.29, 1.82) is 0 Å². The fraction of sp³-hybridized carbons (Fsp3) is 0.522. The van der Waals surface area contributed by atoms with Gasteiger partial charge in [-0.3, -0.25) is 9.69 Å². The molecule has 0 radical (unpaired) electrons. The van der Waals surface area contributed by atoms with E-state index in [1.54, 1.807) is 6.20 Å². The summed E-state index contributed by atoms with van der Waals surface area (Å²) in [6, 6.07) is 12.9. The highest BCUT2D eigenvalue weighted by atomic mass is 16.1. The number of nitrogens with zero attached hydrogens (tertiary/aromatic N) is 4. The molecule has 1 atom stereocenters. The van der Waals surface area contributed by atoms with Crippen LogP contribution in [0.15, 0.2) is 42.6 Å². The average molecular weight is 394 g/mol. The van der Waals surface area contributed by atoms with Gasteiger partial charge in [0.25, 0.3) is 0 Å². The first kappa shape index (κ1) is 19.8. The standard InChI is InChI=1S/C23H31N5O/c1-18-5-2-3-14-28(18)17-19-7-9-21(10-8-19)25-23(29)20-11-15-27(16-12-20)22-6-4-13-24-26-22/h4,6-10,13,18,20H,2-3,5,11-12,14-17H2,1H3,(H,25,29). The Labute approximate surface area is 173 Å². The summed E-state index contributed by atoms with van der Waals surface area (Å²) in [7, 11) is 0. The van der Waals surface area contributed by atoms with Gasteiger partial charge in [0.15, 0.2) is 5.82 Å². The van der Waals surface area contributed by atoms with Crippen molar-refractivity contribution in [3.05, 3.63) is 48.2 Å². The zero-order valence-electron chi connectivity index (χ0n) is 17.3. The number of rotatable bonds is 5. The first-order valence-corrected chi connectivity index (χ1v) is 10.9. The van der Waals surface area contributed by atoms with Gasteiger partial charge in [0.1, 0.15) is 0 Å². The van der Waals surface area contributed by atoms with E-state index in [4.69, 9.17) is 0 Å². The van der Waals surface area contributed by atoms with Gasteiger partial charge < -0.3 is 10.2 Å². The van der Waals surface area contributed by atoms with Crippen LogP contribution >= 0.6 is 0 Å². The fourth-order valence-corrected chi connectivity index (χ4v) is 4.40. The second-order valence-electron chi connectivity index (χ2n) is 8.34. The lowest BCUT2D eigenvalue weighted by molar-refractivity contribution is -0.120. The Balaban J connectivity index is 1.26. The van der Waals surface area contributed by atoms with E-state index >= 15 is 0 Å². The van der Waals surface area contributed by atoms with Gasteiger partial charge in [0, 0.05) is 43.5 Å². The minimum atomic E-state index is 0.0526. The second kappa shape index (κ2) is 9.35. The molecule has 1 amide bonds. The number of aromatic nitrogens is 2. The smallest absolute Gasteiger partial charge is 0.227 e. The third kappa shape index (κ3) is 5.12. The van der Waals surface area contributed by atoms with Crippen molar-refractivity contribution in [2.24, 2.45) is 5.92 Å². The van der Waals surface area contributed by atoms with E-state index in [2.05, 4.69) is 44.4 Å². The molecule has 0 saturated carbocycles. The van der Waals surface area contributed by atoms with Gasteiger partial charge in [-0.25, -0.2) is 0 Å². The van der Waals surface area contributed by atoms with E-state index in [-0.39, 0.29) is 11.8 Å². The molecular weight excluding hydrogens is 362 g/mol. The van der Waals surface area contributed by atoms with Crippen LogP contribution in [0.5, 0.6) is 0 Å². The summed E-state index contributed by atoms with van der Waals surface area (Å²) >= 11 is 0. The highest BCUT2D eigenvalue weighted by Gasteiger charge is 2.26. The van der Waals surface area contributed by atoms with Crippen LogP contribution in [0, 0.1) is 5.92 Å². The van der Waals surface area contributed by atoms with E-state index in [1.165, 1.54) is 31.4 Å². The number of nitrogens with one attached hydrogen (secondary N) is 1. The topological polar surface area (TPSA) is 61.4 Å². The fourth-order valence-electron chi connectivity index (χ4n) is 4.40. The van der Waals surface area contributed by atoms with E-state index in [1.807, 2.05) is 24.3 Å². The molecule has 2 fully saturated rings. The Morgan fingerprint density at radius 3 is 2.55 bits per heavy atom. The van der Waals surface area contributed by atoms with Crippen molar-refractivity contribution in [3.8, 4) is 0 Å². The van der Waals surface area contributed by atoms with Gasteiger partial charge >= 0.3 is 0 Å². The Morgan fingerprint density at radius 1 is 1.07 bits per heavy atom. The maximum atomic E-state index is 12.7. The van der Waals surface area contributed by atoms with Crippen LogP contribution in [0.3, 0.4) is 0 Å². The molecule has 0 bridgehead atoms. The zero-order chi connectivity index (χ0) is 20.1. The minimum absolute atomic E-state index is 0.0526. The van der Waals surface area contributed by atoms with Crippen molar-refractivity contribution in [2.75, 3.05) is 29.9 Å². The molecule has 4 rings (SSSR count). The van der Waals surface area contributed by atoms with Crippen molar-refractivity contribution < 1.29 is 4.79 Å². The number of carbonyl (C=O) groups is 1. The van der Waals surface area contributed by atoms with Crippen molar-refractivity contribution in [2.45, 2.75) is 51.6 Å². The van der Waals surface area contributed by atoms with E-state index < -0.39 is 0 Å². The van der Waals surface area contributed by atoms with Crippen LogP contribution in [0.2, 0.25) is 0 Å². The number of likely N-dealkylation sites (tertiary alicyclic amines) is 1. The Bertz CT molecular complexity index is 787. The molecule has 3 heterocycles. The summed E-state index contributed by atoms with van der Waals surface area (Å²) in [6.07, 6.45) is 7.31. The Morgan fingerprint density at radius 2 is 1.86 bits per heavy atom. The molecule has 2 aliphatic heterocycles. The highest BCUT2D eigenvalue weighted by Crippen LogP contribution is 2.23. The molecule has 154 valence electrons. The number of benzene rings is 1. The van der Waals surface area contributed by atoms with Gasteiger partial charge in [0.2, 0.25) is 5.91 Å². The number of anilines is 2. The lowest BCUT2D eigenvalue weighted by Gasteiger charge is -2.33. The molecule has 1 aromatic heterocycles. The number of hydrogen-bond donors (Lipinski definition) is 1. The normalized spacial score (nSPS) is 21.1. The summed E-state index contributed by atoms with van der Waals surface area (Å²) in [5, 5.41) is 11.2. The molecule has 2 aliphatic rings. The number of amides is 1. The second-order valence-corrected chi connectivity index (χ2v) is 8.34. The van der Waals surface area contributed by atoms with Gasteiger partial charge in [-0.05, 0) is 69.0 Å². The van der Waals surface area contributed by atoms with Crippen molar-refractivity contribution >= 4 is 17.4 Å². The first-order chi connectivity index (χ1) is 14.2. The lowest BCUT2D eigenvalue weighted by atomic mass is 9.95. The summed E-state index contributed by atoms with van der Waals surface area (Å²) in [6.45, 7) is 6.18. The van der Waals surface area contributed by atoms with Crippen molar-refractivity contribution in [1.82, 2.24) is 15.1 Å². The molecule has 0 spiro atoms. The number of piperidine rings is 2. The van der Waals surface area contributed by atoms with Crippen LogP contribution in [0.4, 0.5) is 11.5 Å². The molecule has 2 aromatic rings. The van der Waals surface area contributed by atoms with Gasteiger partial charge in [-0.15, -0.1) is 5.10 Å². The highest BCUT2D eigenvalue weighted by molar-refractivity contribution is 5.92.